The van der Waals surface area contributed by atoms with Gasteiger partial charge in [-0.05, 0) is 23.3 Å². The molecule has 1 heterocycles. The monoisotopic (exact) mass is 248 g/mol. The van der Waals surface area contributed by atoms with E-state index in [-0.39, 0.29) is 5.63 Å². The summed E-state index contributed by atoms with van der Waals surface area (Å²) in [5, 5.41) is 0.921. The van der Waals surface area contributed by atoms with Crippen LogP contribution < -0.4 is 5.63 Å². The number of rotatable bonds is 2. The Morgan fingerprint density at radius 2 is 1.74 bits per heavy atom. The molecule has 3 rings (SSSR count). The van der Waals surface area contributed by atoms with E-state index in [9.17, 15) is 4.79 Å². The molecule has 0 aliphatic rings. The van der Waals surface area contributed by atoms with Crippen molar-refractivity contribution in [1.29, 1.82) is 0 Å². The zero-order valence-electron chi connectivity index (χ0n) is 10.3. The van der Waals surface area contributed by atoms with Crippen LogP contribution in [0.4, 0.5) is 0 Å². The highest BCUT2D eigenvalue weighted by atomic mass is 16.4. The Hall–Kier alpha value is -2.61. The molecule has 19 heavy (non-hydrogen) atoms. The van der Waals surface area contributed by atoms with Gasteiger partial charge in [0.1, 0.15) is 5.58 Å². The first-order valence-corrected chi connectivity index (χ1v) is 6.04. The van der Waals surface area contributed by atoms with Crippen LogP contribution in [0.15, 0.2) is 70.4 Å². The lowest BCUT2D eigenvalue weighted by atomic mass is 10.0. The first kappa shape index (κ1) is 11.5. The summed E-state index contributed by atoms with van der Waals surface area (Å²) in [7, 11) is 0. The number of para-hydroxylation sites is 1. The Morgan fingerprint density at radius 3 is 2.47 bits per heavy atom. The van der Waals surface area contributed by atoms with Crippen molar-refractivity contribution >= 4 is 17.0 Å². The van der Waals surface area contributed by atoms with Crippen molar-refractivity contribution in [3.63, 3.8) is 0 Å². The van der Waals surface area contributed by atoms with E-state index in [4.69, 9.17) is 4.42 Å². The standard InChI is InChI=1S/C17H12O2/c1-2-12-7-9-13(10-8-12)15-11-14-5-3-4-6-16(14)19-17(15)18/h2-11H,1H2. The van der Waals surface area contributed by atoms with Gasteiger partial charge in [-0.15, -0.1) is 0 Å². The first-order valence-electron chi connectivity index (χ1n) is 6.04. The van der Waals surface area contributed by atoms with Crippen molar-refractivity contribution < 1.29 is 4.42 Å². The number of fused-ring (bicyclic) bond motifs is 1. The predicted molar refractivity (Wildman–Crippen MR) is 78.0 cm³/mol. The Kier molecular flexibility index (Phi) is 2.76. The van der Waals surface area contributed by atoms with Gasteiger partial charge in [0.15, 0.2) is 0 Å². The van der Waals surface area contributed by atoms with Crippen LogP contribution in [0.1, 0.15) is 5.56 Å². The molecule has 0 spiro atoms. The summed E-state index contributed by atoms with van der Waals surface area (Å²) in [6, 6.07) is 17.0. The van der Waals surface area contributed by atoms with Crippen LogP contribution in [0.25, 0.3) is 28.2 Å². The molecule has 0 bridgehead atoms. The molecule has 0 fully saturated rings. The maximum atomic E-state index is 12.0. The number of benzene rings is 2. The second kappa shape index (κ2) is 4.58. The molecule has 2 heteroatoms. The second-order valence-electron chi connectivity index (χ2n) is 4.31. The van der Waals surface area contributed by atoms with Crippen molar-refractivity contribution in [2.75, 3.05) is 0 Å². The van der Waals surface area contributed by atoms with Gasteiger partial charge in [0.2, 0.25) is 0 Å². The summed E-state index contributed by atoms with van der Waals surface area (Å²) in [5.74, 6) is 0. The van der Waals surface area contributed by atoms with Crippen LogP contribution in [0.3, 0.4) is 0 Å². The summed E-state index contributed by atoms with van der Waals surface area (Å²) in [6.45, 7) is 3.71. The van der Waals surface area contributed by atoms with E-state index in [0.717, 1.165) is 16.5 Å². The average molecular weight is 248 g/mol. The molecule has 0 aliphatic carbocycles. The fourth-order valence-electron chi connectivity index (χ4n) is 2.06. The molecular weight excluding hydrogens is 236 g/mol. The van der Waals surface area contributed by atoms with Gasteiger partial charge in [-0.3, -0.25) is 0 Å². The molecule has 0 N–H and O–H groups in total. The summed E-state index contributed by atoms with van der Waals surface area (Å²) < 4.78 is 5.33. The highest BCUT2D eigenvalue weighted by Crippen LogP contribution is 2.21. The van der Waals surface area contributed by atoms with E-state index in [2.05, 4.69) is 6.58 Å². The van der Waals surface area contributed by atoms with E-state index in [1.165, 1.54) is 0 Å². The van der Waals surface area contributed by atoms with Crippen LogP contribution in [0, 0.1) is 0 Å². The molecular formula is C17H12O2. The smallest absolute Gasteiger partial charge is 0.344 e. The third-order valence-electron chi connectivity index (χ3n) is 3.10. The summed E-state index contributed by atoms with van der Waals surface area (Å²) in [4.78, 5) is 12.0. The van der Waals surface area contributed by atoms with Gasteiger partial charge in [-0.25, -0.2) is 4.79 Å². The molecule has 2 aromatic carbocycles. The van der Waals surface area contributed by atoms with Gasteiger partial charge in [-0.2, -0.15) is 0 Å². The van der Waals surface area contributed by atoms with E-state index < -0.39 is 0 Å². The first-order chi connectivity index (χ1) is 9.28. The number of hydrogen-bond acceptors (Lipinski definition) is 2. The summed E-state index contributed by atoms with van der Waals surface area (Å²) >= 11 is 0. The molecule has 2 nitrogen and oxygen atoms in total. The van der Waals surface area contributed by atoms with Crippen LogP contribution in [-0.4, -0.2) is 0 Å². The maximum absolute atomic E-state index is 12.0. The highest BCUT2D eigenvalue weighted by molar-refractivity contribution is 5.81. The van der Waals surface area contributed by atoms with Gasteiger partial charge in [-0.1, -0.05) is 55.1 Å². The molecule has 0 amide bonds. The summed E-state index contributed by atoms with van der Waals surface area (Å²) in [6.07, 6.45) is 1.77. The number of hydrogen-bond donors (Lipinski definition) is 0. The van der Waals surface area contributed by atoms with E-state index >= 15 is 0 Å². The van der Waals surface area contributed by atoms with Crippen molar-refractivity contribution in [2.45, 2.75) is 0 Å². The quantitative estimate of drug-likeness (QED) is 0.639. The highest BCUT2D eigenvalue weighted by Gasteiger charge is 2.07. The van der Waals surface area contributed by atoms with Gasteiger partial charge in [0, 0.05) is 5.39 Å². The zero-order valence-corrected chi connectivity index (χ0v) is 10.3. The van der Waals surface area contributed by atoms with Crippen molar-refractivity contribution in [3.8, 4) is 11.1 Å². The molecule has 0 atom stereocenters. The molecule has 0 aliphatic heterocycles. The topological polar surface area (TPSA) is 30.2 Å². The fraction of sp³-hybridized carbons (Fsp3) is 0. The lowest BCUT2D eigenvalue weighted by Gasteiger charge is -2.03. The minimum Gasteiger partial charge on any atom is -0.422 e. The van der Waals surface area contributed by atoms with Crippen molar-refractivity contribution in [3.05, 3.63) is 77.2 Å². The Bertz CT molecular complexity index is 795. The van der Waals surface area contributed by atoms with Crippen LogP contribution in [0.5, 0.6) is 0 Å². The summed E-state index contributed by atoms with van der Waals surface area (Å²) in [5.41, 5.74) is 2.75. The fourth-order valence-corrected chi connectivity index (χ4v) is 2.06. The predicted octanol–water partition coefficient (Wildman–Crippen LogP) is 4.10. The van der Waals surface area contributed by atoms with Gasteiger partial charge < -0.3 is 4.42 Å². The average Bonchev–Trinajstić information content (AvgIpc) is 2.47. The molecule has 0 unspecified atom stereocenters. The Labute approximate surface area is 110 Å². The molecule has 0 radical (unpaired) electrons. The van der Waals surface area contributed by atoms with Gasteiger partial charge >= 0.3 is 5.63 Å². The zero-order chi connectivity index (χ0) is 13.2. The third-order valence-corrected chi connectivity index (χ3v) is 3.10. The minimum absolute atomic E-state index is 0.315. The SMILES string of the molecule is C=Cc1ccc(-c2cc3ccccc3oc2=O)cc1. The largest absolute Gasteiger partial charge is 0.422 e. The van der Waals surface area contributed by atoms with E-state index in [1.54, 1.807) is 12.1 Å². The van der Waals surface area contributed by atoms with Crippen molar-refractivity contribution in [2.24, 2.45) is 0 Å². The molecule has 0 saturated carbocycles. The van der Waals surface area contributed by atoms with Crippen LogP contribution in [-0.2, 0) is 0 Å². The van der Waals surface area contributed by atoms with E-state index in [1.807, 2.05) is 48.5 Å². The molecule has 92 valence electrons. The third kappa shape index (κ3) is 2.08. The van der Waals surface area contributed by atoms with Crippen molar-refractivity contribution in [1.82, 2.24) is 0 Å². The Morgan fingerprint density at radius 1 is 1.00 bits per heavy atom. The van der Waals surface area contributed by atoms with Crippen LogP contribution >= 0.6 is 0 Å². The lowest BCUT2D eigenvalue weighted by Crippen LogP contribution is -2.02. The lowest BCUT2D eigenvalue weighted by molar-refractivity contribution is 0.563. The Balaban J connectivity index is 2.20. The van der Waals surface area contributed by atoms with Gasteiger partial charge in [0.05, 0.1) is 5.56 Å². The molecule has 1 aromatic heterocycles. The second-order valence-corrected chi connectivity index (χ2v) is 4.31. The molecule has 0 saturated heterocycles. The van der Waals surface area contributed by atoms with Crippen LogP contribution in [0.2, 0.25) is 0 Å². The maximum Gasteiger partial charge on any atom is 0.344 e. The normalized spacial score (nSPS) is 10.5. The molecule has 3 aromatic rings. The van der Waals surface area contributed by atoms with Gasteiger partial charge in [0.25, 0.3) is 0 Å². The minimum atomic E-state index is -0.315. The van der Waals surface area contributed by atoms with E-state index in [0.29, 0.717) is 11.1 Å².